The lowest BCUT2D eigenvalue weighted by Crippen LogP contribution is -2.52. The first-order valence-electron chi connectivity index (χ1n) is 8.43. The molecule has 12 nitrogen and oxygen atoms in total. The Labute approximate surface area is 159 Å². The molecule has 12 heteroatoms. The van der Waals surface area contributed by atoms with Crippen LogP contribution < -0.4 is 4.90 Å². The maximum Gasteiger partial charge on any atom is 0.431 e. The molecule has 0 saturated carbocycles. The van der Waals surface area contributed by atoms with Crippen LogP contribution in [0.15, 0.2) is 30.5 Å². The number of nitrogens with zero attached hydrogens (tertiary/aromatic N) is 5. The number of hydrazine groups is 1. The maximum absolute atomic E-state index is 12.6. The van der Waals surface area contributed by atoms with Crippen LogP contribution in [0.25, 0.3) is 0 Å². The van der Waals surface area contributed by atoms with Gasteiger partial charge < -0.3 is 14.4 Å². The van der Waals surface area contributed by atoms with Gasteiger partial charge in [-0.3, -0.25) is 14.9 Å². The number of rotatable bonds is 4. The smallest absolute Gasteiger partial charge is 0.431 e. The van der Waals surface area contributed by atoms with Crippen LogP contribution >= 0.6 is 0 Å². The molecule has 2 atom stereocenters. The summed E-state index contributed by atoms with van der Waals surface area (Å²) in [7, 11) is 0. The highest BCUT2D eigenvalue weighted by Crippen LogP contribution is 2.36. The molecule has 0 spiro atoms. The molecule has 2 aliphatic heterocycles. The Kier molecular flexibility index (Phi) is 5.11. The summed E-state index contributed by atoms with van der Waals surface area (Å²) in [6.07, 6.45) is -0.212. The molecule has 1 fully saturated rings. The summed E-state index contributed by atoms with van der Waals surface area (Å²) in [5, 5.41) is 12.7. The Morgan fingerprint density at radius 3 is 2.36 bits per heavy atom. The lowest BCUT2D eigenvalue weighted by atomic mass is 10.1. The molecule has 0 N–H and O–H groups in total. The van der Waals surface area contributed by atoms with Crippen molar-refractivity contribution in [3.05, 3.63) is 40.6 Å². The zero-order valence-corrected chi connectivity index (χ0v) is 15.0. The number of amides is 2. The molecule has 28 heavy (non-hydrogen) atoms. The van der Waals surface area contributed by atoms with Crippen LogP contribution in [0.2, 0.25) is 0 Å². The Morgan fingerprint density at radius 2 is 1.82 bits per heavy atom. The van der Waals surface area contributed by atoms with Crippen molar-refractivity contribution >= 4 is 29.5 Å². The van der Waals surface area contributed by atoms with E-state index >= 15 is 0 Å². The van der Waals surface area contributed by atoms with Gasteiger partial charge in [-0.1, -0.05) is 0 Å². The van der Waals surface area contributed by atoms with E-state index in [-0.39, 0.29) is 24.7 Å². The van der Waals surface area contributed by atoms with Crippen LogP contribution in [0, 0.1) is 10.1 Å². The van der Waals surface area contributed by atoms with Crippen molar-refractivity contribution in [1.29, 1.82) is 0 Å². The molecule has 1 aromatic heterocycles. The molecule has 1 aromatic rings. The molecular formula is C16H17N5O7. The number of carbonyl (C=O) groups excluding carboxylic acids is 3. The second kappa shape index (κ2) is 7.50. The average Bonchev–Trinajstić information content (AvgIpc) is 2.94. The van der Waals surface area contributed by atoms with Crippen LogP contribution in [0.3, 0.4) is 0 Å². The van der Waals surface area contributed by atoms with E-state index in [1.165, 1.54) is 29.2 Å². The minimum absolute atomic E-state index is 0.0286. The molecule has 2 bridgehead atoms. The van der Waals surface area contributed by atoms with Gasteiger partial charge in [0.05, 0.1) is 18.1 Å². The van der Waals surface area contributed by atoms with Crippen LogP contribution in [-0.4, -0.2) is 63.4 Å². The minimum atomic E-state index is -1.24. The van der Waals surface area contributed by atoms with E-state index < -0.39 is 35.2 Å². The molecule has 2 amide bonds. The van der Waals surface area contributed by atoms with Crippen molar-refractivity contribution in [1.82, 2.24) is 15.0 Å². The summed E-state index contributed by atoms with van der Waals surface area (Å²) in [6.45, 7) is 3.27. The summed E-state index contributed by atoms with van der Waals surface area (Å²) in [5.74, 6) is -0.323. The summed E-state index contributed by atoms with van der Waals surface area (Å²) in [6, 6.07) is 2.55. The summed E-state index contributed by atoms with van der Waals surface area (Å²) < 4.78 is 10.0. The third kappa shape index (κ3) is 3.08. The summed E-state index contributed by atoms with van der Waals surface area (Å²) in [4.78, 5) is 53.2. The second-order valence-corrected chi connectivity index (χ2v) is 5.67. The molecule has 2 aliphatic rings. The largest absolute Gasteiger partial charge is 0.448 e. The third-order valence-corrected chi connectivity index (χ3v) is 4.07. The molecule has 3 heterocycles. The Balaban J connectivity index is 2.06. The Bertz CT molecular complexity index is 840. The highest BCUT2D eigenvalue weighted by molar-refractivity contribution is 6.01. The van der Waals surface area contributed by atoms with Gasteiger partial charge in [-0.05, 0) is 32.1 Å². The molecule has 148 valence electrons. The Morgan fingerprint density at radius 1 is 1.18 bits per heavy atom. The number of aromatic nitrogens is 1. The van der Waals surface area contributed by atoms with Crippen molar-refractivity contribution in [2.45, 2.75) is 26.2 Å². The first-order chi connectivity index (χ1) is 13.4. The number of hydrogen-bond acceptors (Lipinski definition) is 9. The van der Waals surface area contributed by atoms with E-state index in [0.717, 1.165) is 16.2 Å². The number of pyridine rings is 1. The number of hydrogen-bond donors (Lipinski definition) is 0. The molecular weight excluding hydrogens is 374 g/mol. The van der Waals surface area contributed by atoms with Gasteiger partial charge >= 0.3 is 12.2 Å². The quantitative estimate of drug-likeness (QED) is 0.551. The molecule has 3 rings (SSSR count). The highest BCUT2D eigenvalue weighted by atomic mass is 16.6. The van der Waals surface area contributed by atoms with Crippen LogP contribution in [0.5, 0.6) is 0 Å². The lowest BCUT2D eigenvalue weighted by molar-refractivity contribution is -0.385. The molecule has 0 radical (unpaired) electrons. The lowest BCUT2D eigenvalue weighted by Gasteiger charge is -2.29. The van der Waals surface area contributed by atoms with Crippen molar-refractivity contribution in [2.24, 2.45) is 0 Å². The first-order valence-corrected chi connectivity index (χ1v) is 8.43. The summed E-state index contributed by atoms with van der Waals surface area (Å²) in [5.41, 5.74) is -0.237. The average molecular weight is 391 g/mol. The van der Waals surface area contributed by atoms with Gasteiger partial charge in [0.25, 0.3) is 5.69 Å². The van der Waals surface area contributed by atoms with Gasteiger partial charge in [0.15, 0.2) is 12.3 Å². The number of fused-ring (bicyclic) bond motifs is 2. The van der Waals surface area contributed by atoms with Gasteiger partial charge in [0, 0.05) is 6.07 Å². The van der Waals surface area contributed by atoms with Crippen molar-refractivity contribution in [3.63, 3.8) is 0 Å². The number of ketones is 1. The van der Waals surface area contributed by atoms with E-state index in [9.17, 15) is 24.5 Å². The molecule has 0 aliphatic carbocycles. The van der Waals surface area contributed by atoms with Gasteiger partial charge in [-0.15, -0.1) is 0 Å². The van der Waals surface area contributed by atoms with Crippen molar-refractivity contribution in [3.8, 4) is 0 Å². The summed E-state index contributed by atoms with van der Waals surface area (Å²) >= 11 is 0. The fraction of sp³-hybridized carbons (Fsp3) is 0.375. The van der Waals surface area contributed by atoms with Crippen LogP contribution in [-0.2, 0) is 14.3 Å². The first kappa shape index (κ1) is 19.1. The zero-order valence-electron chi connectivity index (χ0n) is 15.0. The molecule has 0 aromatic carbocycles. The maximum atomic E-state index is 12.6. The van der Waals surface area contributed by atoms with E-state index in [0.29, 0.717) is 0 Å². The van der Waals surface area contributed by atoms with E-state index in [1.807, 2.05) is 0 Å². The Hall–Kier alpha value is -3.70. The zero-order chi connectivity index (χ0) is 20.4. The van der Waals surface area contributed by atoms with Crippen molar-refractivity contribution < 1.29 is 28.8 Å². The van der Waals surface area contributed by atoms with E-state index in [4.69, 9.17) is 9.47 Å². The molecule has 2 unspecified atom stereocenters. The normalized spacial score (nSPS) is 20.4. The minimum Gasteiger partial charge on any atom is -0.448 e. The predicted molar refractivity (Wildman–Crippen MR) is 92.8 cm³/mol. The van der Waals surface area contributed by atoms with E-state index in [1.54, 1.807) is 13.8 Å². The van der Waals surface area contributed by atoms with Crippen LogP contribution in [0.4, 0.5) is 21.1 Å². The van der Waals surface area contributed by atoms with Crippen molar-refractivity contribution in [2.75, 3.05) is 18.1 Å². The van der Waals surface area contributed by atoms with Gasteiger partial charge in [0.1, 0.15) is 12.0 Å². The standard InChI is InChI=1S/C16H17N5O7/c1-3-27-15(23)19-13-8-6-11(22)14(20(19)16(24)28-4-2)18(13)12-7-5-10(9-17-12)21(25)26/h5-9,13-14H,3-4H2,1-2H3. The van der Waals surface area contributed by atoms with Gasteiger partial charge in [-0.25, -0.2) is 14.6 Å². The SMILES string of the molecule is CCOC(=O)N1C2C=CC(=O)C(N2c2ccc([N+](=O)[O-])cn2)N1C(=O)OCC. The highest BCUT2D eigenvalue weighted by Gasteiger charge is 2.56. The van der Waals surface area contributed by atoms with E-state index in [2.05, 4.69) is 4.98 Å². The number of carbonyl (C=O) groups is 3. The van der Waals surface area contributed by atoms with Crippen LogP contribution in [0.1, 0.15) is 13.8 Å². The number of anilines is 1. The number of ether oxygens (including phenoxy) is 2. The predicted octanol–water partition coefficient (Wildman–Crippen LogP) is 1.43. The topological polar surface area (TPSA) is 135 Å². The monoisotopic (exact) mass is 391 g/mol. The number of nitro groups is 1. The van der Waals surface area contributed by atoms with Gasteiger partial charge in [-0.2, -0.15) is 10.0 Å². The fourth-order valence-corrected chi connectivity index (χ4v) is 2.99. The van der Waals surface area contributed by atoms with Gasteiger partial charge in [0.2, 0.25) is 5.78 Å². The fourth-order valence-electron chi connectivity index (χ4n) is 2.99. The second-order valence-electron chi connectivity index (χ2n) is 5.67. The molecule has 1 saturated heterocycles. The third-order valence-electron chi connectivity index (χ3n) is 4.07.